The largest absolute Gasteiger partial charge is 0.383 e. The van der Waals surface area contributed by atoms with Crippen LogP contribution in [0.5, 0.6) is 0 Å². The molecule has 0 bridgehead atoms. The molecule has 1 aromatic carbocycles. The number of methoxy groups -OCH3 is 1. The van der Waals surface area contributed by atoms with Crippen molar-refractivity contribution in [1.82, 2.24) is 15.3 Å². The Morgan fingerprint density at radius 1 is 1.37 bits per heavy atom. The minimum Gasteiger partial charge on any atom is -0.383 e. The van der Waals surface area contributed by atoms with Crippen LogP contribution in [-0.2, 0) is 15.3 Å². The molecule has 27 heavy (non-hydrogen) atoms. The van der Waals surface area contributed by atoms with Crippen LogP contribution < -0.4 is 10.9 Å². The van der Waals surface area contributed by atoms with Crippen LogP contribution in [0.25, 0.3) is 21.3 Å². The van der Waals surface area contributed by atoms with E-state index in [2.05, 4.69) is 15.3 Å². The topological polar surface area (TPSA) is 84.1 Å². The number of nitrogens with zero attached hydrogens (tertiary/aromatic N) is 1. The highest BCUT2D eigenvalue weighted by Crippen LogP contribution is 2.30. The summed E-state index contributed by atoms with van der Waals surface area (Å²) in [6.07, 6.45) is 0. The number of aromatic amines is 1. The van der Waals surface area contributed by atoms with Crippen LogP contribution >= 0.6 is 23.1 Å². The zero-order valence-electron chi connectivity index (χ0n) is 14.6. The van der Waals surface area contributed by atoms with Crippen LogP contribution in [0.1, 0.15) is 5.82 Å². The molecule has 2 aromatic heterocycles. The Bertz CT molecular complexity index is 986. The van der Waals surface area contributed by atoms with Gasteiger partial charge in [-0.15, -0.1) is 23.1 Å². The molecule has 0 radical (unpaired) electrons. The fraction of sp³-hybridized carbons (Fsp3) is 0.278. The molecule has 0 atom stereocenters. The first-order chi connectivity index (χ1) is 13.1. The van der Waals surface area contributed by atoms with Crippen LogP contribution in [-0.4, -0.2) is 41.9 Å². The number of aromatic nitrogens is 2. The van der Waals surface area contributed by atoms with Crippen LogP contribution in [0.4, 0.5) is 4.39 Å². The Labute approximate surface area is 163 Å². The molecule has 0 unspecified atom stereocenters. The number of fused-ring (bicyclic) bond motifs is 1. The molecule has 0 aliphatic heterocycles. The van der Waals surface area contributed by atoms with Gasteiger partial charge >= 0.3 is 0 Å². The van der Waals surface area contributed by atoms with E-state index < -0.39 is 0 Å². The van der Waals surface area contributed by atoms with Crippen LogP contribution in [0.15, 0.2) is 34.4 Å². The summed E-state index contributed by atoms with van der Waals surface area (Å²) in [6.45, 7) is 0.939. The molecule has 2 heterocycles. The maximum atomic E-state index is 13.1. The Hall–Kier alpha value is -2.23. The van der Waals surface area contributed by atoms with Crippen molar-refractivity contribution < 1.29 is 13.9 Å². The molecule has 6 nitrogen and oxygen atoms in total. The fourth-order valence-corrected chi connectivity index (χ4v) is 4.17. The van der Waals surface area contributed by atoms with Crippen molar-refractivity contribution in [2.75, 3.05) is 26.0 Å². The number of nitrogens with one attached hydrogen (secondary N) is 2. The molecular formula is C18H18FN3O3S2. The number of H-pyrrole nitrogens is 1. The van der Waals surface area contributed by atoms with Crippen molar-refractivity contribution in [3.05, 3.63) is 51.6 Å². The highest BCUT2D eigenvalue weighted by atomic mass is 32.2. The quantitative estimate of drug-likeness (QED) is 0.561. The lowest BCUT2D eigenvalue weighted by Gasteiger charge is -2.05. The van der Waals surface area contributed by atoms with E-state index in [-0.39, 0.29) is 23.0 Å². The van der Waals surface area contributed by atoms with E-state index in [9.17, 15) is 14.0 Å². The predicted octanol–water partition coefficient (Wildman–Crippen LogP) is 2.79. The Morgan fingerprint density at radius 2 is 2.15 bits per heavy atom. The summed E-state index contributed by atoms with van der Waals surface area (Å²) < 4.78 is 18.0. The molecule has 142 valence electrons. The van der Waals surface area contributed by atoms with E-state index >= 15 is 0 Å². The van der Waals surface area contributed by atoms with Gasteiger partial charge in [0.05, 0.1) is 23.5 Å². The Balaban J connectivity index is 1.70. The lowest BCUT2D eigenvalue weighted by molar-refractivity contribution is -0.118. The summed E-state index contributed by atoms with van der Waals surface area (Å²) >= 11 is 2.74. The minimum atomic E-state index is -0.323. The van der Waals surface area contributed by atoms with Crippen molar-refractivity contribution in [3.63, 3.8) is 0 Å². The van der Waals surface area contributed by atoms with Gasteiger partial charge in [-0.25, -0.2) is 9.37 Å². The third-order valence-electron chi connectivity index (χ3n) is 3.75. The Kier molecular flexibility index (Phi) is 6.59. The van der Waals surface area contributed by atoms with Crippen LogP contribution in [0.3, 0.4) is 0 Å². The number of halogens is 1. The first kappa shape index (κ1) is 19.5. The van der Waals surface area contributed by atoms with Crippen molar-refractivity contribution in [3.8, 4) is 11.1 Å². The van der Waals surface area contributed by atoms with Gasteiger partial charge < -0.3 is 15.0 Å². The van der Waals surface area contributed by atoms with Gasteiger partial charge in [-0.05, 0) is 17.7 Å². The molecule has 0 aliphatic rings. The molecule has 0 saturated carbocycles. The van der Waals surface area contributed by atoms with E-state index in [0.29, 0.717) is 34.9 Å². The van der Waals surface area contributed by atoms with Gasteiger partial charge in [0.1, 0.15) is 16.5 Å². The summed E-state index contributed by atoms with van der Waals surface area (Å²) in [5.74, 6) is 0.810. The zero-order valence-corrected chi connectivity index (χ0v) is 16.2. The molecule has 0 spiro atoms. The number of rotatable bonds is 8. The number of benzene rings is 1. The van der Waals surface area contributed by atoms with E-state index in [1.54, 1.807) is 19.2 Å². The average molecular weight is 407 g/mol. The van der Waals surface area contributed by atoms with Crippen molar-refractivity contribution in [2.24, 2.45) is 0 Å². The van der Waals surface area contributed by atoms with Crippen molar-refractivity contribution in [1.29, 1.82) is 0 Å². The number of thiophene rings is 1. The maximum absolute atomic E-state index is 13.1. The molecule has 0 fully saturated rings. The number of ether oxygens (including phenoxy) is 1. The summed E-state index contributed by atoms with van der Waals surface area (Å²) in [6, 6.07) is 6.01. The van der Waals surface area contributed by atoms with Crippen molar-refractivity contribution >= 4 is 39.2 Å². The van der Waals surface area contributed by atoms with Gasteiger partial charge in [0.25, 0.3) is 5.56 Å². The zero-order chi connectivity index (χ0) is 19.2. The van der Waals surface area contributed by atoms with E-state index in [1.807, 2.05) is 5.38 Å². The first-order valence-electron chi connectivity index (χ1n) is 8.18. The SMILES string of the molecule is COCCNC(=O)CSCc1nc2scc(-c3ccc(F)cc3)c2c(=O)[nH]1. The Morgan fingerprint density at radius 3 is 2.89 bits per heavy atom. The number of amides is 1. The molecule has 1 amide bonds. The molecular weight excluding hydrogens is 389 g/mol. The van der Waals surface area contributed by atoms with Gasteiger partial charge in [0.15, 0.2) is 0 Å². The average Bonchev–Trinajstić information content (AvgIpc) is 3.07. The van der Waals surface area contributed by atoms with Crippen LogP contribution in [0.2, 0.25) is 0 Å². The number of carbonyl (C=O) groups is 1. The maximum Gasteiger partial charge on any atom is 0.260 e. The second kappa shape index (κ2) is 9.12. The van der Waals surface area contributed by atoms with Gasteiger partial charge in [-0.2, -0.15) is 0 Å². The van der Waals surface area contributed by atoms with E-state index in [4.69, 9.17) is 4.74 Å². The molecule has 3 aromatic rings. The third kappa shape index (κ3) is 4.94. The summed E-state index contributed by atoms with van der Waals surface area (Å²) in [5, 5.41) is 5.08. The van der Waals surface area contributed by atoms with E-state index in [0.717, 1.165) is 11.1 Å². The lowest BCUT2D eigenvalue weighted by atomic mass is 10.1. The number of hydrogen-bond donors (Lipinski definition) is 2. The number of thioether (sulfide) groups is 1. The smallest absolute Gasteiger partial charge is 0.260 e. The highest BCUT2D eigenvalue weighted by Gasteiger charge is 2.13. The minimum absolute atomic E-state index is 0.0878. The number of carbonyl (C=O) groups excluding carboxylic acids is 1. The fourth-order valence-electron chi connectivity index (χ4n) is 2.49. The molecule has 2 N–H and O–H groups in total. The highest BCUT2D eigenvalue weighted by molar-refractivity contribution is 7.99. The molecule has 3 rings (SSSR count). The van der Waals surface area contributed by atoms with Gasteiger partial charge in [0.2, 0.25) is 5.91 Å². The van der Waals surface area contributed by atoms with Crippen LogP contribution in [0, 0.1) is 5.82 Å². The molecule has 0 saturated heterocycles. The summed E-state index contributed by atoms with van der Waals surface area (Å²) in [7, 11) is 1.57. The van der Waals surface area contributed by atoms with Crippen molar-refractivity contribution in [2.45, 2.75) is 5.75 Å². The van der Waals surface area contributed by atoms with Gasteiger partial charge in [0, 0.05) is 24.6 Å². The summed E-state index contributed by atoms with van der Waals surface area (Å²) in [5.41, 5.74) is 1.27. The van der Waals surface area contributed by atoms with E-state index in [1.165, 1.54) is 35.2 Å². The molecule has 0 aliphatic carbocycles. The third-order valence-corrected chi connectivity index (χ3v) is 5.56. The van der Waals surface area contributed by atoms with Gasteiger partial charge in [-0.1, -0.05) is 12.1 Å². The normalized spacial score (nSPS) is 11.0. The summed E-state index contributed by atoms with van der Waals surface area (Å²) in [4.78, 5) is 32.1. The monoisotopic (exact) mass is 407 g/mol. The van der Waals surface area contributed by atoms with Gasteiger partial charge in [-0.3, -0.25) is 9.59 Å². The second-order valence-corrected chi connectivity index (χ2v) is 7.53. The molecule has 9 heteroatoms. The predicted molar refractivity (Wildman–Crippen MR) is 107 cm³/mol. The number of hydrogen-bond acceptors (Lipinski definition) is 6. The first-order valence-corrected chi connectivity index (χ1v) is 10.2. The second-order valence-electron chi connectivity index (χ2n) is 5.68. The standard InChI is InChI=1S/C18H18FN3O3S2/c1-25-7-6-20-15(23)10-26-9-14-21-17(24)16-13(8-27-18(16)22-14)11-2-4-12(19)5-3-11/h2-5,8H,6-7,9-10H2,1H3,(H,20,23)(H,21,22,24). The lowest BCUT2D eigenvalue weighted by Crippen LogP contribution is -2.28.